The molecule has 188 valence electrons. The second-order valence-corrected chi connectivity index (χ2v) is 9.18. The van der Waals surface area contributed by atoms with E-state index in [1.807, 2.05) is 0 Å². The molecule has 0 amide bonds. The number of nitrogens with one attached hydrogen (secondary N) is 1. The van der Waals surface area contributed by atoms with Crippen molar-refractivity contribution in [1.82, 2.24) is 19.5 Å². The van der Waals surface area contributed by atoms with Gasteiger partial charge in [-0.25, -0.2) is 13.8 Å². The second kappa shape index (κ2) is 10.3. The Kier molecular flexibility index (Phi) is 7.43. The van der Waals surface area contributed by atoms with Gasteiger partial charge in [-0.1, -0.05) is 6.58 Å². The zero-order chi connectivity index (χ0) is 25.3. The van der Waals surface area contributed by atoms with Crippen LogP contribution in [0.1, 0.15) is 30.6 Å². The average molecular weight is 511 g/mol. The summed E-state index contributed by atoms with van der Waals surface area (Å²) in [6, 6.07) is 2.25. The number of aromatic amines is 1. The van der Waals surface area contributed by atoms with Crippen LogP contribution in [0.15, 0.2) is 41.5 Å². The molecule has 4 rings (SSSR count). The molecule has 5 N–H and O–H groups in total. The molecule has 1 aromatic carbocycles. The van der Waals surface area contributed by atoms with Crippen LogP contribution in [0.3, 0.4) is 0 Å². The summed E-state index contributed by atoms with van der Waals surface area (Å²) in [4.78, 5) is 22.6. The number of aliphatic hydroxyl groups is 2. The highest BCUT2D eigenvalue weighted by Crippen LogP contribution is 2.43. The normalized spacial score (nSPS) is 22.1. The molecular weight excluding hydrogens is 487 g/mol. The number of imidazole rings is 1. The summed E-state index contributed by atoms with van der Waals surface area (Å²) in [5.74, 6) is -2.39. The molecule has 5 atom stereocenters. The van der Waals surface area contributed by atoms with Crippen molar-refractivity contribution in [2.75, 3.05) is 18.9 Å². The van der Waals surface area contributed by atoms with Gasteiger partial charge in [-0.2, -0.15) is 4.98 Å². The maximum atomic E-state index is 13.6. The summed E-state index contributed by atoms with van der Waals surface area (Å²) in [6.45, 7) is 3.44. The number of rotatable bonds is 9. The van der Waals surface area contributed by atoms with Gasteiger partial charge in [0.25, 0.3) is 5.56 Å². The fourth-order valence-corrected chi connectivity index (χ4v) is 5.07. The van der Waals surface area contributed by atoms with Gasteiger partial charge in [-0.15, -0.1) is 0 Å². The summed E-state index contributed by atoms with van der Waals surface area (Å²) in [5.41, 5.74) is 6.06. The lowest BCUT2D eigenvalue weighted by Crippen LogP contribution is -2.19. The van der Waals surface area contributed by atoms with E-state index in [0.29, 0.717) is 11.6 Å². The first-order chi connectivity index (χ1) is 16.7. The van der Waals surface area contributed by atoms with Crippen molar-refractivity contribution in [3.05, 3.63) is 64.2 Å². The Morgan fingerprint density at radius 2 is 2.06 bits per heavy atom. The van der Waals surface area contributed by atoms with Gasteiger partial charge in [0, 0.05) is 25.0 Å². The van der Waals surface area contributed by atoms with Crippen molar-refractivity contribution in [3.63, 3.8) is 0 Å². The van der Waals surface area contributed by atoms with Crippen molar-refractivity contribution in [3.8, 4) is 0 Å². The minimum Gasteiger partial charge on any atom is -0.396 e. The zero-order valence-corrected chi connectivity index (χ0v) is 19.4. The van der Waals surface area contributed by atoms with E-state index in [2.05, 4.69) is 21.5 Å². The molecule has 1 aliphatic carbocycles. The Labute approximate surface area is 198 Å². The summed E-state index contributed by atoms with van der Waals surface area (Å²) in [5, 5.41) is 19.9. The van der Waals surface area contributed by atoms with E-state index in [1.54, 1.807) is 4.57 Å². The molecule has 0 radical (unpaired) electrons. The molecule has 1 unspecified atom stereocenters. The van der Waals surface area contributed by atoms with E-state index in [1.165, 1.54) is 6.33 Å². The van der Waals surface area contributed by atoms with Crippen LogP contribution in [0.25, 0.3) is 11.2 Å². The summed E-state index contributed by atoms with van der Waals surface area (Å²) < 4.78 is 51.9. The number of nitrogen functional groups attached to an aromatic ring is 1. The third-order valence-electron chi connectivity index (χ3n) is 5.89. The first-order valence-corrected chi connectivity index (χ1v) is 11.9. The van der Waals surface area contributed by atoms with Crippen LogP contribution < -0.4 is 11.3 Å². The van der Waals surface area contributed by atoms with Crippen LogP contribution in [0.2, 0.25) is 0 Å². The molecule has 1 saturated carbocycles. The number of halogens is 2. The van der Waals surface area contributed by atoms with Crippen LogP contribution >= 0.6 is 8.25 Å². The molecule has 2 heterocycles. The minimum atomic E-state index is -3.18. The van der Waals surface area contributed by atoms with Crippen molar-refractivity contribution >= 4 is 25.4 Å². The molecule has 35 heavy (non-hydrogen) atoms. The largest absolute Gasteiger partial charge is 0.396 e. The predicted octanol–water partition coefficient (Wildman–Crippen LogP) is 2.00. The molecule has 0 aliphatic heterocycles. The quantitative estimate of drug-likeness (QED) is 0.248. The van der Waals surface area contributed by atoms with E-state index in [4.69, 9.17) is 14.8 Å². The standard InChI is InChI=1S/C21H24F2N5O6P/c1-10-14(8-33-35(32)34-17(2-3-29)11-4-12(22)6-13(23)5-11)16(30)7-15(10)28-9-25-18-19(28)26-21(24)27-20(18)31/h4-6,9,14-17,29-30,35H,1-3,7-8H2,(H3,24,26,27,31)/t14-,15-,16-,17+/m0/s1. The fourth-order valence-electron chi connectivity index (χ4n) is 4.20. The smallest absolute Gasteiger partial charge is 0.319 e. The number of benzene rings is 1. The molecule has 0 bridgehead atoms. The number of aliphatic hydroxyl groups excluding tert-OH is 2. The van der Waals surface area contributed by atoms with Crippen LogP contribution in [-0.2, 0) is 13.6 Å². The number of nitrogens with two attached hydrogens (primary N) is 1. The third kappa shape index (κ3) is 5.34. The van der Waals surface area contributed by atoms with Gasteiger partial charge < -0.3 is 29.6 Å². The Hall–Kier alpha value is -2.96. The Morgan fingerprint density at radius 3 is 2.74 bits per heavy atom. The van der Waals surface area contributed by atoms with Gasteiger partial charge in [0.1, 0.15) is 11.6 Å². The van der Waals surface area contributed by atoms with Crippen molar-refractivity contribution in [2.45, 2.75) is 31.1 Å². The van der Waals surface area contributed by atoms with Gasteiger partial charge in [0.05, 0.1) is 31.2 Å². The van der Waals surface area contributed by atoms with Crippen molar-refractivity contribution < 1.29 is 32.6 Å². The predicted molar refractivity (Wildman–Crippen MR) is 122 cm³/mol. The number of fused-ring (bicyclic) bond motifs is 1. The number of nitrogens with zero attached hydrogens (tertiary/aromatic N) is 3. The Balaban J connectivity index is 1.44. The topological polar surface area (TPSA) is 166 Å². The Morgan fingerprint density at radius 1 is 1.34 bits per heavy atom. The van der Waals surface area contributed by atoms with Gasteiger partial charge in [0.2, 0.25) is 5.95 Å². The number of H-pyrrole nitrogens is 1. The van der Waals surface area contributed by atoms with E-state index >= 15 is 0 Å². The van der Waals surface area contributed by atoms with Crippen LogP contribution in [0, 0.1) is 17.6 Å². The van der Waals surface area contributed by atoms with E-state index in [9.17, 15) is 28.4 Å². The lowest BCUT2D eigenvalue weighted by Gasteiger charge is -2.20. The number of aromatic nitrogens is 4. The number of anilines is 1. The Bertz CT molecular complexity index is 1310. The van der Waals surface area contributed by atoms with Crippen molar-refractivity contribution in [2.24, 2.45) is 5.92 Å². The SMILES string of the molecule is C=C1[C@H](CO[PH](=O)O[C@H](CCO)c2cc(F)cc(F)c2)[C@@H](O)C[C@@H]1n1cnc2c(=O)[nH]c(N)nc21. The molecule has 14 heteroatoms. The highest BCUT2D eigenvalue weighted by atomic mass is 31.1. The molecule has 1 fully saturated rings. The van der Waals surface area contributed by atoms with Gasteiger partial charge in [-0.05, 0) is 29.7 Å². The molecule has 1 aliphatic rings. The summed E-state index contributed by atoms with van der Waals surface area (Å²) >= 11 is 0. The molecule has 0 saturated heterocycles. The lowest BCUT2D eigenvalue weighted by molar-refractivity contribution is 0.0918. The van der Waals surface area contributed by atoms with E-state index in [0.717, 1.165) is 12.1 Å². The lowest BCUT2D eigenvalue weighted by atomic mass is 10.0. The van der Waals surface area contributed by atoms with Gasteiger partial charge >= 0.3 is 8.25 Å². The molecule has 11 nitrogen and oxygen atoms in total. The first-order valence-electron chi connectivity index (χ1n) is 10.7. The zero-order valence-electron chi connectivity index (χ0n) is 18.4. The molecular formula is C21H24F2N5O6P. The maximum Gasteiger partial charge on any atom is 0.319 e. The van der Waals surface area contributed by atoms with Crippen LogP contribution in [-0.4, -0.2) is 49.0 Å². The highest BCUT2D eigenvalue weighted by Gasteiger charge is 2.39. The summed E-state index contributed by atoms with van der Waals surface area (Å²) in [7, 11) is -3.18. The van der Waals surface area contributed by atoms with E-state index < -0.39 is 49.6 Å². The number of hydrogen-bond donors (Lipinski definition) is 4. The van der Waals surface area contributed by atoms with Crippen molar-refractivity contribution in [1.29, 1.82) is 0 Å². The van der Waals surface area contributed by atoms with Gasteiger partial charge in [-0.3, -0.25) is 14.3 Å². The minimum absolute atomic E-state index is 0.0630. The molecule has 3 aromatic rings. The molecule has 2 aromatic heterocycles. The monoisotopic (exact) mass is 511 g/mol. The maximum absolute atomic E-state index is 13.6. The second-order valence-electron chi connectivity index (χ2n) is 8.16. The third-order valence-corrected chi connectivity index (χ3v) is 6.77. The molecule has 0 spiro atoms. The number of hydrogen-bond acceptors (Lipinski definition) is 9. The van der Waals surface area contributed by atoms with Gasteiger partial charge in [0.15, 0.2) is 11.2 Å². The van der Waals surface area contributed by atoms with Crippen LogP contribution in [0.5, 0.6) is 0 Å². The van der Waals surface area contributed by atoms with Crippen LogP contribution in [0.4, 0.5) is 14.7 Å². The summed E-state index contributed by atoms with van der Waals surface area (Å²) in [6.07, 6.45) is -0.421. The van der Waals surface area contributed by atoms with E-state index in [-0.39, 0.29) is 48.7 Å². The average Bonchev–Trinajstić information content (AvgIpc) is 3.31. The first kappa shape index (κ1) is 25.1. The highest BCUT2D eigenvalue weighted by molar-refractivity contribution is 7.33. The fraction of sp³-hybridized carbons (Fsp3) is 0.381.